The molecule has 2 aliphatic rings. The van der Waals surface area contributed by atoms with Crippen LogP contribution >= 0.6 is 0 Å². The van der Waals surface area contributed by atoms with Gasteiger partial charge in [-0.25, -0.2) is 0 Å². The van der Waals surface area contributed by atoms with Crippen molar-refractivity contribution in [3.63, 3.8) is 0 Å². The first-order valence-corrected chi connectivity index (χ1v) is 8.00. The molecule has 2 atom stereocenters. The van der Waals surface area contributed by atoms with Crippen molar-refractivity contribution in [3.05, 3.63) is 0 Å². The second-order valence-electron chi connectivity index (χ2n) is 6.15. The molecule has 1 spiro atoms. The van der Waals surface area contributed by atoms with E-state index in [0.717, 1.165) is 45.3 Å². The van der Waals surface area contributed by atoms with E-state index < -0.39 is 0 Å². The Balaban J connectivity index is 1.70. The monoisotopic (exact) mass is 268 g/mol. The summed E-state index contributed by atoms with van der Waals surface area (Å²) < 4.78 is 11.3. The van der Waals surface area contributed by atoms with E-state index in [1.807, 2.05) is 0 Å². The summed E-state index contributed by atoms with van der Waals surface area (Å²) in [6.45, 7) is 4.43. The van der Waals surface area contributed by atoms with E-state index >= 15 is 0 Å². The Morgan fingerprint density at radius 3 is 2.79 bits per heavy atom. The second kappa shape index (κ2) is 7.39. The molecule has 2 unspecified atom stereocenters. The quantitative estimate of drug-likeness (QED) is 0.663. The highest BCUT2D eigenvalue weighted by Gasteiger charge is 2.42. The van der Waals surface area contributed by atoms with Crippen molar-refractivity contribution in [1.29, 1.82) is 0 Å². The zero-order valence-electron chi connectivity index (χ0n) is 12.3. The molecular weight excluding hydrogens is 240 g/mol. The zero-order chi connectivity index (χ0) is 13.6. The van der Waals surface area contributed by atoms with Crippen molar-refractivity contribution in [1.82, 2.24) is 0 Å². The molecule has 0 aromatic heterocycles. The lowest BCUT2D eigenvalue weighted by molar-refractivity contribution is -0.137. The summed E-state index contributed by atoms with van der Waals surface area (Å²) in [5, 5.41) is 0. The highest BCUT2D eigenvalue weighted by Crippen LogP contribution is 2.36. The van der Waals surface area contributed by atoms with E-state index in [1.165, 1.54) is 25.7 Å². The maximum atomic E-state index is 12.3. The summed E-state index contributed by atoms with van der Waals surface area (Å²) in [7, 11) is 0. The van der Waals surface area contributed by atoms with Crippen LogP contribution in [0.4, 0.5) is 0 Å². The van der Waals surface area contributed by atoms with Gasteiger partial charge in [0, 0.05) is 32.0 Å². The average molecular weight is 268 g/mol. The summed E-state index contributed by atoms with van der Waals surface area (Å²) >= 11 is 0. The number of unbranched alkanes of at least 4 members (excludes halogenated alkanes) is 4. The number of rotatable bonds is 7. The number of ether oxygens (including phenoxy) is 2. The summed E-state index contributed by atoms with van der Waals surface area (Å²) in [5.74, 6) is 0.688. The van der Waals surface area contributed by atoms with E-state index in [4.69, 9.17) is 9.47 Å². The van der Waals surface area contributed by atoms with Gasteiger partial charge < -0.3 is 9.47 Å². The van der Waals surface area contributed by atoms with Crippen LogP contribution in [0, 0.1) is 5.92 Å². The minimum atomic E-state index is -0.124. The fourth-order valence-corrected chi connectivity index (χ4v) is 3.27. The Kier molecular flexibility index (Phi) is 5.83. The lowest BCUT2D eigenvalue weighted by Crippen LogP contribution is -2.42. The molecular formula is C16H28O3. The van der Waals surface area contributed by atoms with Crippen LogP contribution in [0.15, 0.2) is 0 Å². The van der Waals surface area contributed by atoms with E-state index in [0.29, 0.717) is 12.4 Å². The fraction of sp³-hybridized carbons (Fsp3) is 0.938. The number of ketones is 1. The third-order valence-corrected chi connectivity index (χ3v) is 4.54. The zero-order valence-corrected chi connectivity index (χ0v) is 12.3. The number of Topliss-reactive ketones (excluding diaryl/α,β-unsaturated/α-hetero) is 1. The third-order valence-electron chi connectivity index (χ3n) is 4.54. The fourth-order valence-electron chi connectivity index (χ4n) is 3.27. The van der Waals surface area contributed by atoms with Gasteiger partial charge in [0.05, 0.1) is 12.2 Å². The Hall–Kier alpha value is -0.410. The molecule has 2 saturated heterocycles. The molecule has 19 heavy (non-hydrogen) atoms. The Morgan fingerprint density at radius 1 is 1.21 bits per heavy atom. The third kappa shape index (κ3) is 4.28. The summed E-state index contributed by atoms with van der Waals surface area (Å²) in [6, 6.07) is 0. The van der Waals surface area contributed by atoms with Gasteiger partial charge in [-0.3, -0.25) is 4.79 Å². The SMILES string of the molecule is CCCCCCCC(=O)C1CCOC2(CCOC2)C1. The van der Waals surface area contributed by atoms with Crippen molar-refractivity contribution in [2.24, 2.45) is 5.92 Å². The van der Waals surface area contributed by atoms with Crippen LogP contribution in [0.1, 0.15) is 64.7 Å². The molecule has 0 amide bonds. The molecule has 3 heteroatoms. The molecule has 0 saturated carbocycles. The van der Waals surface area contributed by atoms with Gasteiger partial charge in [0.25, 0.3) is 0 Å². The normalized spacial score (nSPS) is 30.9. The van der Waals surface area contributed by atoms with Gasteiger partial charge in [0.2, 0.25) is 0 Å². The standard InChI is InChI=1S/C16H28O3/c1-2-3-4-5-6-7-15(17)14-8-10-19-16(12-14)9-11-18-13-16/h14H,2-13H2,1H3. The first-order chi connectivity index (χ1) is 9.26. The summed E-state index contributed by atoms with van der Waals surface area (Å²) in [5.41, 5.74) is -0.124. The molecule has 0 N–H and O–H groups in total. The van der Waals surface area contributed by atoms with Crippen molar-refractivity contribution < 1.29 is 14.3 Å². The van der Waals surface area contributed by atoms with Crippen LogP contribution in [0.2, 0.25) is 0 Å². The maximum absolute atomic E-state index is 12.3. The van der Waals surface area contributed by atoms with Gasteiger partial charge >= 0.3 is 0 Å². The van der Waals surface area contributed by atoms with Gasteiger partial charge in [-0.05, 0) is 19.3 Å². The van der Waals surface area contributed by atoms with Crippen LogP contribution in [-0.2, 0) is 14.3 Å². The predicted octanol–water partition coefficient (Wildman–Crippen LogP) is 3.50. The van der Waals surface area contributed by atoms with E-state index in [9.17, 15) is 4.79 Å². The molecule has 2 aliphatic heterocycles. The predicted molar refractivity (Wildman–Crippen MR) is 75.2 cm³/mol. The largest absolute Gasteiger partial charge is 0.378 e. The lowest BCUT2D eigenvalue weighted by Gasteiger charge is -2.36. The smallest absolute Gasteiger partial charge is 0.136 e. The Bertz CT molecular complexity index is 282. The van der Waals surface area contributed by atoms with Gasteiger partial charge in [-0.2, -0.15) is 0 Å². The molecule has 0 aliphatic carbocycles. The summed E-state index contributed by atoms with van der Waals surface area (Å²) in [6.07, 6.45) is 9.64. The molecule has 0 radical (unpaired) electrons. The highest BCUT2D eigenvalue weighted by atomic mass is 16.6. The molecule has 3 nitrogen and oxygen atoms in total. The van der Waals surface area contributed by atoms with Crippen LogP contribution in [0.3, 0.4) is 0 Å². The molecule has 0 aromatic rings. The van der Waals surface area contributed by atoms with Crippen molar-refractivity contribution >= 4 is 5.78 Å². The average Bonchev–Trinajstić information content (AvgIpc) is 2.86. The van der Waals surface area contributed by atoms with E-state index in [2.05, 4.69) is 6.92 Å². The summed E-state index contributed by atoms with van der Waals surface area (Å²) in [4.78, 5) is 12.3. The van der Waals surface area contributed by atoms with Crippen molar-refractivity contribution in [3.8, 4) is 0 Å². The minimum absolute atomic E-state index is 0.124. The topological polar surface area (TPSA) is 35.5 Å². The van der Waals surface area contributed by atoms with Gasteiger partial charge in [-0.1, -0.05) is 32.6 Å². The molecule has 110 valence electrons. The number of hydrogen-bond acceptors (Lipinski definition) is 3. The first-order valence-electron chi connectivity index (χ1n) is 8.00. The first kappa shape index (κ1) is 15.0. The van der Waals surface area contributed by atoms with Crippen molar-refractivity contribution in [2.75, 3.05) is 19.8 Å². The molecule has 0 aromatic carbocycles. The number of hydrogen-bond donors (Lipinski definition) is 0. The second-order valence-corrected chi connectivity index (χ2v) is 6.15. The minimum Gasteiger partial charge on any atom is -0.378 e. The van der Waals surface area contributed by atoms with Gasteiger partial charge in [0.15, 0.2) is 0 Å². The number of carbonyl (C=O) groups is 1. The van der Waals surface area contributed by atoms with Crippen LogP contribution < -0.4 is 0 Å². The Morgan fingerprint density at radius 2 is 2.05 bits per heavy atom. The van der Waals surface area contributed by atoms with Crippen LogP contribution in [0.25, 0.3) is 0 Å². The van der Waals surface area contributed by atoms with Crippen molar-refractivity contribution in [2.45, 2.75) is 70.3 Å². The van der Waals surface area contributed by atoms with Crippen LogP contribution in [0.5, 0.6) is 0 Å². The maximum Gasteiger partial charge on any atom is 0.136 e. The number of carbonyl (C=O) groups excluding carboxylic acids is 1. The van der Waals surface area contributed by atoms with E-state index in [-0.39, 0.29) is 11.5 Å². The van der Waals surface area contributed by atoms with Crippen LogP contribution in [-0.4, -0.2) is 31.2 Å². The van der Waals surface area contributed by atoms with Gasteiger partial charge in [0.1, 0.15) is 5.78 Å². The lowest BCUT2D eigenvalue weighted by atomic mass is 9.82. The van der Waals surface area contributed by atoms with E-state index in [1.54, 1.807) is 0 Å². The molecule has 2 fully saturated rings. The molecule has 2 heterocycles. The Labute approximate surface area is 117 Å². The molecule has 0 bridgehead atoms. The highest BCUT2D eigenvalue weighted by molar-refractivity contribution is 5.81. The molecule has 2 rings (SSSR count). The van der Waals surface area contributed by atoms with Gasteiger partial charge in [-0.15, -0.1) is 0 Å².